The maximum atomic E-state index is 13.4. The first-order valence-corrected chi connectivity index (χ1v) is 12.5. The number of benzene rings is 2. The highest BCUT2D eigenvalue weighted by atomic mass is 35.5. The summed E-state index contributed by atoms with van der Waals surface area (Å²) < 4.78 is 32.0. The molecule has 4 rings (SSSR count). The van der Waals surface area contributed by atoms with E-state index in [0.717, 1.165) is 6.07 Å². The highest BCUT2D eigenvalue weighted by Gasteiger charge is 2.41. The Bertz CT molecular complexity index is 1250. The first kappa shape index (κ1) is 27.0. The summed E-state index contributed by atoms with van der Waals surface area (Å²) in [5, 5.41) is 25.2. The second-order valence-electron chi connectivity index (χ2n) is 9.47. The maximum Gasteiger partial charge on any atom is 0.309 e. The zero-order chi connectivity index (χ0) is 26.6. The molecule has 3 aromatic rings. The number of pyridine rings is 1. The molecule has 2 aromatic carbocycles. The third kappa shape index (κ3) is 6.29. The predicted molar refractivity (Wildman–Crippen MR) is 138 cm³/mol. The lowest BCUT2D eigenvalue weighted by Crippen LogP contribution is -2.45. The van der Waals surface area contributed by atoms with Gasteiger partial charge in [0.1, 0.15) is 17.4 Å². The van der Waals surface area contributed by atoms with Crippen LogP contribution in [0.15, 0.2) is 42.6 Å². The number of aliphatic hydroxyl groups is 1. The molecule has 1 aromatic heterocycles. The van der Waals surface area contributed by atoms with Gasteiger partial charge in [-0.3, -0.25) is 9.78 Å². The van der Waals surface area contributed by atoms with E-state index in [4.69, 9.17) is 16.3 Å². The molecular weight excluding hydrogens is 504 g/mol. The molecule has 1 fully saturated rings. The van der Waals surface area contributed by atoms with Crippen molar-refractivity contribution >= 4 is 34.2 Å². The number of anilines is 1. The van der Waals surface area contributed by atoms with Gasteiger partial charge in [0.2, 0.25) is 0 Å². The molecule has 1 aliphatic heterocycles. The third-order valence-corrected chi connectivity index (χ3v) is 7.49. The Balaban J connectivity index is 1.37. The summed E-state index contributed by atoms with van der Waals surface area (Å²) in [6.07, 6.45) is 1.92. The van der Waals surface area contributed by atoms with Gasteiger partial charge in [0.25, 0.3) is 0 Å². The first-order chi connectivity index (χ1) is 17.7. The Labute approximate surface area is 219 Å². The monoisotopic (exact) mass is 533 g/mol. The number of nitrogens with zero attached hydrogens (tertiary/aromatic N) is 2. The molecule has 0 radical (unpaired) electrons. The molecule has 2 heterocycles. The third-order valence-electron chi connectivity index (χ3n) is 7.18. The Hall–Kier alpha value is -3.01. The van der Waals surface area contributed by atoms with E-state index in [1.165, 1.54) is 18.3 Å². The van der Waals surface area contributed by atoms with Crippen LogP contribution in [-0.4, -0.2) is 59.4 Å². The van der Waals surface area contributed by atoms with E-state index in [0.29, 0.717) is 78.4 Å². The molecular formula is C27H30ClF2N3O4. The molecule has 0 aliphatic carbocycles. The number of carbonyl (C=O) groups is 1. The van der Waals surface area contributed by atoms with Gasteiger partial charge in [0.05, 0.1) is 29.2 Å². The summed E-state index contributed by atoms with van der Waals surface area (Å²) in [6.45, 7) is 2.21. The van der Waals surface area contributed by atoms with Crippen LogP contribution in [0.2, 0.25) is 5.02 Å². The maximum absolute atomic E-state index is 13.4. The molecule has 0 saturated carbocycles. The van der Waals surface area contributed by atoms with Gasteiger partial charge in [-0.15, -0.1) is 0 Å². The average Bonchev–Trinajstić information content (AvgIpc) is 2.87. The van der Waals surface area contributed by atoms with E-state index in [2.05, 4.69) is 15.2 Å². The number of hydrogen-bond acceptors (Lipinski definition) is 6. The molecule has 1 saturated heterocycles. The number of hydrogen-bond donors (Lipinski definition) is 3. The Kier molecular flexibility index (Phi) is 8.46. The standard InChI is InChI=1S/C27H30ClF2N3O4/c1-37-20-2-3-23-21(15-20)25(22(28)16-32-23)24(34)4-5-27(26(35)36)6-9-33(10-7-27)11-8-31-19-13-17(29)12-18(30)14-19/h2-3,12-16,24,31,34H,4-11H2,1H3,(H,35,36). The van der Waals surface area contributed by atoms with E-state index >= 15 is 0 Å². The lowest BCUT2D eigenvalue weighted by atomic mass is 9.74. The van der Waals surface area contributed by atoms with Gasteiger partial charge in [-0.25, -0.2) is 8.78 Å². The zero-order valence-corrected chi connectivity index (χ0v) is 21.3. The number of aliphatic hydroxyl groups excluding tert-OH is 1. The molecule has 1 aliphatic rings. The normalized spacial score (nSPS) is 16.5. The fourth-order valence-corrected chi connectivity index (χ4v) is 5.26. The summed E-state index contributed by atoms with van der Waals surface area (Å²) in [5.74, 6) is -1.56. The summed E-state index contributed by atoms with van der Waals surface area (Å²) in [5.41, 5.74) is 0.589. The summed E-state index contributed by atoms with van der Waals surface area (Å²) in [4.78, 5) is 18.8. The lowest BCUT2D eigenvalue weighted by molar-refractivity contribution is -0.153. The number of piperidine rings is 1. The highest BCUT2D eigenvalue weighted by Crippen LogP contribution is 2.41. The minimum absolute atomic E-state index is 0.231. The number of likely N-dealkylation sites (tertiary alicyclic amines) is 1. The lowest BCUT2D eigenvalue weighted by Gasteiger charge is -2.39. The van der Waals surface area contributed by atoms with Gasteiger partial charge in [-0.2, -0.15) is 0 Å². The van der Waals surface area contributed by atoms with Crippen molar-refractivity contribution in [1.29, 1.82) is 0 Å². The number of nitrogens with one attached hydrogen (secondary N) is 1. The minimum Gasteiger partial charge on any atom is -0.497 e. The number of rotatable bonds is 10. The number of methoxy groups -OCH3 is 1. The second kappa shape index (κ2) is 11.6. The molecule has 0 amide bonds. The van der Waals surface area contributed by atoms with E-state index in [1.54, 1.807) is 25.3 Å². The molecule has 3 N–H and O–H groups in total. The van der Waals surface area contributed by atoms with Crippen LogP contribution in [0, 0.1) is 17.0 Å². The number of carboxylic acids is 1. The van der Waals surface area contributed by atoms with Crippen molar-refractivity contribution < 1.29 is 28.5 Å². The minimum atomic E-state index is -0.963. The molecule has 37 heavy (non-hydrogen) atoms. The van der Waals surface area contributed by atoms with Crippen molar-refractivity contribution in [3.05, 3.63) is 64.8 Å². The Morgan fingerprint density at radius 1 is 1.22 bits per heavy atom. The summed E-state index contributed by atoms with van der Waals surface area (Å²) in [6, 6.07) is 8.61. The number of fused-ring (bicyclic) bond motifs is 1. The van der Waals surface area contributed by atoms with E-state index in [9.17, 15) is 23.8 Å². The molecule has 198 valence electrons. The van der Waals surface area contributed by atoms with Crippen LogP contribution in [0.5, 0.6) is 5.75 Å². The van der Waals surface area contributed by atoms with Crippen LogP contribution in [-0.2, 0) is 4.79 Å². The number of ether oxygens (including phenoxy) is 1. The van der Waals surface area contributed by atoms with Gasteiger partial charge in [-0.05, 0) is 69.1 Å². The van der Waals surface area contributed by atoms with Crippen molar-refractivity contribution in [3.63, 3.8) is 0 Å². The SMILES string of the molecule is COc1ccc2ncc(Cl)c(C(O)CCC3(C(=O)O)CCN(CCNc4cc(F)cc(F)c4)CC3)c2c1. The number of halogens is 3. The van der Waals surface area contributed by atoms with Gasteiger partial charge < -0.3 is 25.2 Å². The molecule has 1 unspecified atom stereocenters. The van der Waals surface area contributed by atoms with Crippen molar-refractivity contribution in [3.8, 4) is 5.75 Å². The average molecular weight is 534 g/mol. The Morgan fingerprint density at radius 3 is 2.57 bits per heavy atom. The molecule has 0 bridgehead atoms. The second-order valence-corrected chi connectivity index (χ2v) is 9.88. The van der Waals surface area contributed by atoms with Crippen LogP contribution in [0.3, 0.4) is 0 Å². The predicted octanol–water partition coefficient (Wildman–Crippen LogP) is 5.27. The van der Waals surface area contributed by atoms with Crippen LogP contribution < -0.4 is 10.1 Å². The molecule has 0 spiro atoms. The van der Waals surface area contributed by atoms with Gasteiger partial charge >= 0.3 is 5.97 Å². The van der Waals surface area contributed by atoms with E-state index < -0.39 is 29.1 Å². The first-order valence-electron chi connectivity index (χ1n) is 12.2. The van der Waals surface area contributed by atoms with E-state index in [-0.39, 0.29) is 6.42 Å². The van der Waals surface area contributed by atoms with Crippen molar-refractivity contribution in [2.24, 2.45) is 5.41 Å². The summed E-state index contributed by atoms with van der Waals surface area (Å²) >= 11 is 6.41. The van der Waals surface area contributed by atoms with Crippen molar-refractivity contribution in [1.82, 2.24) is 9.88 Å². The van der Waals surface area contributed by atoms with Gasteiger partial charge in [0.15, 0.2) is 0 Å². The molecule has 7 nitrogen and oxygen atoms in total. The van der Waals surface area contributed by atoms with Crippen LogP contribution in [0.25, 0.3) is 10.9 Å². The van der Waals surface area contributed by atoms with Crippen LogP contribution in [0.1, 0.15) is 37.4 Å². The topological polar surface area (TPSA) is 94.9 Å². The number of carboxylic acid groups (broad SMARTS) is 1. The molecule has 1 atom stereocenters. The fraction of sp³-hybridized carbons (Fsp3) is 0.407. The van der Waals surface area contributed by atoms with Gasteiger partial charge in [0, 0.05) is 42.0 Å². The number of aliphatic carboxylic acids is 1. The fourth-order valence-electron chi connectivity index (χ4n) is 4.98. The van der Waals surface area contributed by atoms with Crippen molar-refractivity contribution in [2.75, 3.05) is 38.6 Å². The smallest absolute Gasteiger partial charge is 0.309 e. The van der Waals surface area contributed by atoms with E-state index in [1.807, 2.05) is 0 Å². The quantitative estimate of drug-likeness (QED) is 0.327. The zero-order valence-electron chi connectivity index (χ0n) is 20.5. The summed E-state index contributed by atoms with van der Waals surface area (Å²) in [7, 11) is 1.55. The van der Waals surface area contributed by atoms with Crippen LogP contribution in [0.4, 0.5) is 14.5 Å². The highest BCUT2D eigenvalue weighted by molar-refractivity contribution is 6.32. The van der Waals surface area contributed by atoms with Crippen molar-refractivity contribution in [2.45, 2.75) is 31.8 Å². The number of aromatic nitrogens is 1. The Morgan fingerprint density at radius 2 is 1.92 bits per heavy atom. The largest absolute Gasteiger partial charge is 0.497 e. The van der Waals surface area contributed by atoms with Crippen LogP contribution >= 0.6 is 11.6 Å². The van der Waals surface area contributed by atoms with Gasteiger partial charge in [-0.1, -0.05) is 11.6 Å². The molecule has 10 heteroatoms.